The maximum Gasteiger partial charge on any atom is 0.191 e. The molecule has 0 radical (unpaired) electrons. The van der Waals surface area contributed by atoms with Crippen molar-refractivity contribution in [2.24, 2.45) is 10.4 Å². The summed E-state index contributed by atoms with van der Waals surface area (Å²) in [7, 11) is 1.83. The summed E-state index contributed by atoms with van der Waals surface area (Å²) in [5.41, 5.74) is 0.342. The zero-order chi connectivity index (χ0) is 17.0. The normalized spacial score (nSPS) is 33.0. The molecule has 24 heavy (non-hydrogen) atoms. The van der Waals surface area contributed by atoms with E-state index in [9.17, 15) is 0 Å². The van der Waals surface area contributed by atoms with Crippen LogP contribution in [-0.4, -0.2) is 63.7 Å². The second kappa shape index (κ2) is 8.02. The van der Waals surface area contributed by atoms with Crippen molar-refractivity contribution in [3.05, 3.63) is 0 Å². The number of hydrogen-bond acceptors (Lipinski definition) is 4. The summed E-state index contributed by atoms with van der Waals surface area (Å²) in [5, 5.41) is 7.08. The van der Waals surface area contributed by atoms with Crippen LogP contribution in [0.4, 0.5) is 0 Å². The van der Waals surface area contributed by atoms with E-state index >= 15 is 0 Å². The van der Waals surface area contributed by atoms with Gasteiger partial charge >= 0.3 is 0 Å². The predicted octanol–water partition coefficient (Wildman–Crippen LogP) is 1.69. The van der Waals surface area contributed by atoms with Crippen LogP contribution in [0.3, 0.4) is 0 Å². The SMILES string of the molecule is CCOC1CC(NC(=NC)NC(C)COC2CCOC2)C12CCC2. The third kappa shape index (κ3) is 3.70. The van der Waals surface area contributed by atoms with Gasteiger partial charge in [0.1, 0.15) is 0 Å². The largest absolute Gasteiger partial charge is 0.379 e. The summed E-state index contributed by atoms with van der Waals surface area (Å²) < 4.78 is 17.2. The average molecular weight is 339 g/mol. The number of nitrogens with one attached hydrogen (secondary N) is 2. The van der Waals surface area contributed by atoms with Crippen LogP contribution < -0.4 is 10.6 Å². The first kappa shape index (κ1) is 18.0. The highest BCUT2D eigenvalue weighted by molar-refractivity contribution is 5.80. The second-order valence-electron chi connectivity index (χ2n) is 7.40. The molecule has 3 fully saturated rings. The monoisotopic (exact) mass is 339 g/mol. The molecule has 3 rings (SSSR count). The molecule has 138 valence electrons. The van der Waals surface area contributed by atoms with Crippen molar-refractivity contribution in [2.45, 2.75) is 70.2 Å². The number of aliphatic imine (C=N–C) groups is 1. The molecule has 4 unspecified atom stereocenters. The maximum absolute atomic E-state index is 5.93. The Kier molecular flexibility index (Phi) is 6.00. The molecule has 0 aromatic heterocycles. The second-order valence-corrected chi connectivity index (χ2v) is 7.40. The molecule has 4 atom stereocenters. The van der Waals surface area contributed by atoms with Crippen LogP contribution in [0.2, 0.25) is 0 Å². The highest BCUT2D eigenvalue weighted by atomic mass is 16.5. The van der Waals surface area contributed by atoms with Crippen LogP contribution in [-0.2, 0) is 14.2 Å². The van der Waals surface area contributed by atoms with Crippen LogP contribution in [0, 0.1) is 5.41 Å². The van der Waals surface area contributed by atoms with Crippen molar-refractivity contribution in [2.75, 3.05) is 33.5 Å². The molecule has 1 saturated heterocycles. The van der Waals surface area contributed by atoms with Gasteiger partial charge in [0.2, 0.25) is 0 Å². The van der Waals surface area contributed by atoms with E-state index in [-0.39, 0.29) is 12.1 Å². The standard InChI is InChI=1S/C18H33N3O3/c1-4-23-16-10-15(18(16)7-5-8-18)21-17(19-3)20-13(2)11-24-14-6-9-22-12-14/h13-16H,4-12H2,1-3H3,(H2,19,20,21). The van der Waals surface area contributed by atoms with E-state index in [1.165, 1.54) is 19.3 Å². The summed E-state index contributed by atoms with van der Waals surface area (Å²) >= 11 is 0. The van der Waals surface area contributed by atoms with Crippen molar-refractivity contribution in [3.8, 4) is 0 Å². The minimum atomic E-state index is 0.219. The summed E-state index contributed by atoms with van der Waals surface area (Å²) in [4.78, 5) is 4.40. The summed E-state index contributed by atoms with van der Waals surface area (Å²) in [5.74, 6) is 0.875. The lowest BCUT2D eigenvalue weighted by molar-refractivity contribution is -0.168. The molecule has 0 aromatic rings. The first-order chi connectivity index (χ1) is 11.7. The fourth-order valence-electron chi connectivity index (χ4n) is 4.18. The van der Waals surface area contributed by atoms with Gasteiger partial charge in [0.05, 0.1) is 25.4 Å². The fourth-order valence-corrected chi connectivity index (χ4v) is 4.18. The van der Waals surface area contributed by atoms with Crippen LogP contribution in [0.25, 0.3) is 0 Å². The lowest BCUT2D eigenvalue weighted by Crippen LogP contribution is -2.69. The van der Waals surface area contributed by atoms with Crippen molar-refractivity contribution >= 4 is 5.96 Å². The van der Waals surface area contributed by atoms with Crippen LogP contribution in [0.1, 0.15) is 46.0 Å². The number of rotatable bonds is 7. The van der Waals surface area contributed by atoms with Crippen LogP contribution in [0.5, 0.6) is 0 Å². The van der Waals surface area contributed by atoms with Gasteiger partial charge in [0.25, 0.3) is 0 Å². The Morgan fingerprint density at radius 2 is 2.21 bits per heavy atom. The molecule has 0 bridgehead atoms. The van der Waals surface area contributed by atoms with Gasteiger partial charge < -0.3 is 24.8 Å². The van der Waals surface area contributed by atoms with Crippen molar-refractivity contribution in [1.29, 1.82) is 0 Å². The van der Waals surface area contributed by atoms with E-state index in [2.05, 4.69) is 29.5 Å². The Hall–Kier alpha value is -0.850. The Morgan fingerprint density at radius 3 is 2.79 bits per heavy atom. The van der Waals surface area contributed by atoms with Crippen molar-refractivity contribution in [1.82, 2.24) is 10.6 Å². The minimum absolute atomic E-state index is 0.219. The molecule has 2 aliphatic carbocycles. The molecule has 6 nitrogen and oxygen atoms in total. The Balaban J connectivity index is 1.43. The minimum Gasteiger partial charge on any atom is -0.379 e. The Labute approximate surface area is 145 Å². The summed E-state index contributed by atoms with van der Waals surface area (Å²) in [6.07, 6.45) is 6.62. The van der Waals surface area contributed by atoms with E-state index in [4.69, 9.17) is 14.2 Å². The molecule has 1 spiro atoms. The number of guanidine groups is 1. The number of nitrogens with zero attached hydrogens (tertiary/aromatic N) is 1. The molecule has 0 aromatic carbocycles. The third-order valence-electron chi connectivity index (χ3n) is 5.82. The Morgan fingerprint density at radius 1 is 1.38 bits per heavy atom. The van der Waals surface area contributed by atoms with Gasteiger partial charge in [0, 0.05) is 37.8 Å². The molecule has 6 heteroatoms. The molecule has 0 amide bonds. The first-order valence-corrected chi connectivity index (χ1v) is 9.48. The molecule has 2 N–H and O–H groups in total. The molecule has 1 aliphatic heterocycles. The van der Waals surface area contributed by atoms with Gasteiger partial charge in [-0.3, -0.25) is 4.99 Å². The number of hydrogen-bond donors (Lipinski definition) is 2. The van der Waals surface area contributed by atoms with Gasteiger partial charge in [-0.1, -0.05) is 6.42 Å². The summed E-state index contributed by atoms with van der Waals surface area (Å²) in [6, 6.07) is 0.697. The van der Waals surface area contributed by atoms with Crippen molar-refractivity contribution in [3.63, 3.8) is 0 Å². The van der Waals surface area contributed by atoms with Crippen molar-refractivity contribution < 1.29 is 14.2 Å². The highest BCUT2D eigenvalue weighted by Crippen LogP contribution is 2.57. The molecular formula is C18H33N3O3. The maximum atomic E-state index is 5.93. The first-order valence-electron chi connectivity index (χ1n) is 9.48. The van der Waals surface area contributed by atoms with Gasteiger partial charge in [-0.25, -0.2) is 0 Å². The highest BCUT2D eigenvalue weighted by Gasteiger charge is 2.59. The number of ether oxygens (including phenoxy) is 3. The predicted molar refractivity (Wildman–Crippen MR) is 94.4 cm³/mol. The molecular weight excluding hydrogens is 306 g/mol. The smallest absolute Gasteiger partial charge is 0.191 e. The van der Waals surface area contributed by atoms with E-state index in [1.54, 1.807) is 0 Å². The van der Waals surface area contributed by atoms with E-state index in [0.29, 0.717) is 24.2 Å². The van der Waals surface area contributed by atoms with Gasteiger partial charge in [-0.15, -0.1) is 0 Å². The van der Waals surface area contributed by atoms with E-state index in [0.717, 1.165) is 38.6 Å². The average Bonchev–Trinajstić information content (AvgIpc) is 3.02. The fraction of sp³-hybridized carbons (Fsp3) is 0.944. The third-order valence-corrected chi connectivity index (χ3v) is 5.82. The lowest BCUT2D eigenvalue weighted by Gasteiger charge is -2.61. The van der Waals surface area contributed by atoms with Crippen LogP contribution in [0.15, 0.2) is 4.99 Å². The molecule has 2 saturated carbocycles. The summed E-state index contributed by atoms with van der Waals surface area (Å²) in [6.45, 7) is 7.25. The molecule has 3 aliphatic rings. The van der Waals surface area contributed by atoms with E-state index < -0.39 is 0 Å². The topological polar surface area (TPSA) is 64.1 Å². The lowest BCUT2D eigenvalue weighted by atomic mass is 9.51. The van der Waals surface area contributed by atoms with E-state index in [1.807, 2.05) is 7.05 Å². The Bertz CT molecular complexity index is 433. The van der Waals surface area contributed by atoms with Gasteiger partial charge in [0.15, 0.2) is 5.96 Å². The van der Waals surface area contributed by atoms with Gasteiger partial charge in [-0.05, 0) is 39.5 Å². The zero-order valence-corrected chi connectivity index (χ0v) is 15.3. The van der Waals surface area contributed by atoms with Gasteiger partial charge in [-0.2, -0.15) is 0 Å². The zero-order valence-electron chi connectivity index (χ0n) is 15.3. The van der Waals surface area contributed by atoms with Crippen LogP contribution >= 0.6 is 0 Å². The molecule has 1 heterocycles. The quantitative estimate of drug-likeness (QED) is 0.546.